The van der Waals surface area contributed by atoms with Crippen LogP contribution in [0.5, 0.6) is 0 Å². The molecule has 2 aromatic rings. The highest BCUT2D eigenvalue weighted by Gasteiger charge is 2.12. The zero-order valence-corrected chi connectivity index (χ0v) is 16.7. The number of aliphatic imine (C=N–C) groups is 1. The van der Waals surface area contributed by atoms with Gasteiger partial charge < -0.3 is 20.3 Å². The number of amides is 1. The molecule has 0 saturated carbocycles. The normalized spacial score (nSPS) is 12.4. The number of nitrogens with one attached hydrogen (secondary N) is 2. The molecule has 6 nitrogen and oxygen atoms in total. The molecule has 0 radical (unpaired) electrons. The lowest BCUT2D eigenvalue weighted by Crippen LogP contribution is -2.39. The predicted molar refractivity (Wildman–Crippen MR) is 109 cm³/mol. The Hall–Kier alpha value is -2.93. The lowest BCUT2D eigenvalue weighted by atomic mass is 10.1. The molecule has 1 amide bonds. The Balaban J connectivity index is 1.88. The Labute approximate surface area is 165 Å². The summed E-state index contributed by atoms with van der Waals surface area (Å²) in [5, 5.41) is 6.43. The summed E-state index contributed by atoms with van der Waals surface area (Å²) in [6.07, 6.45) is -0.226. The summed E-state index contributed by atoms with van der Waals surface area (Å²) in [6, 6.07) is 13.7. The van der Waals surface area contributed by atoms with E-state index in [-0.39, 0.29) is 17.8 Å². The van der Waals surface area contributed by atoms with Gasteiger partial charge in [0.05, 0.1) is 6.10 Å². The second kappa shape index (κ2) is 10.4. The third kappa shape index (κ3) is 6.06. The molecular formula is C21H27FN4O2. The van der Waals surface area contributed by atoms with Gasteiger partial charge in [0.25, 0.3) is 5.91 Å². The fourth-order valence-electron chi connectivity index (χ4n) is 2.63. The molecule has 7 heteroatoms. The summed E-state index contributed by atoms with van der Waals surface area (Å²) in [4.78, 5) is 17.7. The van der Waals surface area contributed by atoms with Gasteiger partial charge in [-0.05, 0) is 35.4 Å². The predicted octanol–water partition coefficient (Wildman–Crippen LogP) is 2.58. The van der Waals surface area contributed by atoms with Crippen molar-refractivity contribution in [2.24, 2.45) is 4.99 Å². The Kier molecular flexibility index (Phi) is 7.95. The first-order valence-corrected chi connectivity index (χ1v) is 8.98. The lowest BCUT2D eigenvalue weighted by Gasteiger charge is -2.19. The van der Waals surface area contributed by atoms with Gasteiger partial charge in [-0.15, -0.1) is 0 Å². The molecule has 0 aliphatic heterocycles. The van der Waals surface area contributed by atoms with Crippen LogP contribution in [0, 0.1) is 5.82 Å². The van der Waals surface area contributed by atoms with Crippen molar-refractivity contribution in [1.82, 2.24) is 15.5 Å². The van der Waals surface area contributed by atoms with Crippen LogP contribution in [-0.2, 0) is 11.3 Å². The van der Waals surface area contributed by atoms with Crippen LogP contribution in [-0.4, -0.2) is 51.6 Å². The molecule has 1 unspecified atom stereocenters. The standard InChI is InChI=1S/C21H27FN4O2/c1-23-21(25-14-19(28-4)16-9-11-18(22)12-10-16)24-13-15-5-7-17(8-6-15)20(27)26(2)3/h5-12,19H,13-14H2,1-4H3,(H2,23,24,25). The van der Waals surface area contributed by atoms with Crippen LogP contribution < -0.4 is 10.6 Å². The van der Waals surface area contributed by atoms with Crippen molar-refractivity contribution in [3.8, 4) is 0 Å². The van der Waals surface area contributed by atoms with E-state index in [0.29, 0.717) is 24.6 Å². The van der Waals surface area contributed by atoms with Gasteiger partial charge in [0, 0.05) is 46.9 Å². The Morgan fingerprint density at radius 2 is 1.75 bits per heavy atom. The smallest absolute Gasteiger partial charge is 0.253 e. The van der Waals surface area contributed by atoms with E-state index >= 15 is 0 Å². The van der Waals surface area contributed by atoms with Crippen molar-refractivity contribution < 1.29 is 13.9 Å². The molecule has 0 aliphatic carbocycles. The monoisotopic (exact) mass is 386 g/mol. The number of guanidine groups is 1. The summed E-state index contributed by atoms with van der Waals surface area (Å²) in [5.74, 6) is 0.323. The number of hydrogen-bond donors (Lipinski definition) is 2. The molecule has 2 aromatic carbocycles. The molecule has 0 heterocycles. The fraction of sp³-hybridized carbons (Fsp3) is 0.333. The van der Waals surface area contributed by atoms with E-state index in [1.54, 1.807) is 45.3 Å². The minimum Gasteiger partial charge on any atom is -0.375 e. The number of benzene rings is 2. The van der Waals surface area contributed by atoms with Crippen LogP contribution >= 0.6 is 0 Å². The Bertz CT molecular complexity index is 789. The lowest BCUT2D eigenvalue weighted by molar-refractivity contribution is 0.0827. The maximum Gasteiger partial charge on any atom is 0.253 e. The van der Waals surface area contributed by atoms with E-state index in [4.69, 9.17) is 4.74 Å². The number of methoxy groups -OCH3 is 1. The summed E-state index contributed by atoms with van der Waals surface area (Å²) in [6.45, 7) is 1.04. The van der Waals surface area contributed by atoms with Crippen LogP contribution in [0.2, 0.25) is 0 Å². The van der Waals surface area contributed by atoms with E-state index in [1.807, 2.05) is 24.3 Å². The number of nitrogens with zero attached hydrogens (tertiary/aromatic N) is 2. The highest BCUT2D eigenvalue weighted by atomic mass is 19.1. The molecule has 0 aliphatic rings. The fourth-order valence-corrected chi connectivity index (χ4v) is 2.63. The van der Waals surface area contributed by atoms with Crippen LogP contribution in [0.4, 0.5) is 4.39 Å². The van der Waals surface area contributed by atoms with Gasteiger partial charge >= 0.3 is 0 Å². The summed E-state index contributed by atoms with van der Waals surface area (Å²) in [5.41, 5.74) is 2.56. The molecule has 0 saturated heterocycles. The van der Waals surface area contributed by atoms with E-state index in [9.17, 15) is 9.18 Å². The van der Waals surface area contributed by atoms with Gasteiger partial charge in [-0.3, -0.25) is 9.79 Å². The minimum absolute atomic E-state index is 0.0246. The van der Waals surface area contributed by atoms with Gasteiger partial charge in [0.2, 0.25) is 0 Å². The average Bonchev–Trinajstić information content (AvgIpc) is 2.71. The average molecular weight is 386 g/mol. The van der Waals surface area contributed by atoms with Gasteiger partial charge in [0.1, 0.15) is 5.82 Å². The molecule has 28 heavy (non-hydrogen) atoms. The topological polar surface area (TPSA) is 66.0 Å². The molecule has 1 atom stereocenters. The quantitative estimate of drug-likeness (QED) is 0.567. The van der Waals surface area contributed by atoms with Crippen LogP contribution in [0.15, 0.2) is 53.5 Å². The van der Waals surface area contributed by atoms with Crippen molar-refractivity contribution >= 4 is 11.9 Å². The summed E-state index contributed by atoms with van der Waals surface area (Å²) < 4.78 is 18.6. The second-order valence-electron chi connectivity index (χ2n) is 6.48. The van der Waals surface area contributed by atoms with Crippen LogP contribution in [0.1, 0.15) is 27.6 Å². The van der Waals surface area contributed by atoms with Crippen molar-refractivity contribution in [2.75, 3.05) is 34.8 Å². The van der Waals surface area contributed by atoms with Gasteiger partial charge in [0.15, 0.2) is 5.96 Å². The second-order valence-corrected chi connectivity index (χ2v) is 6.48. The number of ether oxygens (including phenoxy) is 1. The van der Waals surface area contributed by atoms with Crippen molar-refractivity contribution in [3.63, 3.8) is 0 Å². The summed E-state index contributed by atoms with van der Waals surface area (Å²) >= 11 is 0. The SMILES string of the molecule is CN=C(NCc1ccc(C(=O)N(C)C)cc1)NCC(OC)c1ccc(F)cc1. The maximum absolute atomic E-state index is 13.1. The third-order valence-electron chi connectivity index (χ3n) is 4.27. The zero-order valence-electron chi connectivity index (χ0n) is 16.7. The van der Waals surface area contributed by atoms with Gasteiger partial charge in [-0.2, -0.15) is 0 Å². The number of hydrogen-bond acceptors (Lipinski definition) is 3. The van der Waals surface area contributed by atoms with Gasteiger partial charge in [-0.25, -0.2) is 4.39 Å². The van der Waals surface area contributed by atoms with Crippen molar-refractivity contribution in [1.29, 1.82) is 0 Å². The Morgan fingerprint density at radius 3 is 2.29 bits per heavy atom. The number of rotatable bonds is 7. The highest BCUT2D eigenvalue weighted by Crippen LogP contribution is 2.16. The molecular weight excluding hydrogens is 359 g/mol. The first-order valence-electron chi connectivity index (χ1n) is 8.98. The van der Waals surface area contributed by atoms with Crippen LogP contribution in [0.25, 0.3) is 0 Å². The van der Waals surface area contributed by atoms with E-state index < -0.39 is 0 Å². The number of halogens is 1. The van der Waals surface area contributed by atoms with Crippen molar-refractivity contribution in [3.05, 3.63) is 71.0 Å². The summed E-state index contributed by atoms with van der Waals surface area (Å²) in [7, 11) is 6.76. The first-order chi connectivity index (χ1) is 13.4. The third-order valence-corrected chi connectivity index (χ3v) is 4.27. The van der Waals surface area contributed by atoms with Crippen molar-refractivity contribution in [2.45, 2.75) is 12.6 Å². The molecule has 150 valence electrons. The van der Waals surface area contributed by atoms with Crippen LogP contribution in [0.3, 0.4) is 0 Å². The van der Waals surface area contributed by atoms with E-state index in [1.165, 1.54) is 12.1 Å². The largest absolute Gasteiger partial charge is 0.375 e. The molecule has 0 spiro atoms. The highest BCUT2D eigenvalue weighted by molar-refractivity contribution is 5.93. The molecule has 2 N–H and O–H groups in total. The van der Waals surface area contributed by atoms with E-state index in [0.717, 1.165) is 11.1 Å². The number of carbonyl (C=O) groups excluding carboxylic acids is 1. The first kappa shape index (κ1) is 21.4. The molecule has 0 fully saturated rings. The maximum atomic E-state index is 13.1. The Morgan fingerprint density at radius 1 is 1.11 bits per heavy atom. The molecule has 0 bridgehead atoms. The number of carbonyl (C=O) groups is 1. The minimum atomic E-state index is -0.276. The zero-order chi connectivity index (χ0) is 20.5. The van der Waals surface area contributed by atoms with Gasteiger partial charge in [-0.1, -0.05) is 24.3 Å². The molecule has 2 rings (SSSR count). The van der Waals surface area contributed by atoms with E-state index in [2.05, 4.69) is 15.6 Å². The molecule has 0 aromatic heterocycles.